The molecule has 1 aromatic carbocycles. The number of hydrogen-bond acceptors (Lipinski definition) is 5. The Bertz CT molecular complexity index is 886. The molecule has 8 nitrogen and oxygen atoms in total. The van der Waals surface area contributed by atoms with Gasteiger partial charge in [0.25, 0.3) is 10.0 Å². The monoisotopic (exact) mass is 338 g/mol. The number of aryl methyl sites for hydroxylation is 1. The third kappa shape index (κ3) is 4.04. The Hall–Kier alpha value is -2.93. The molecule has 0 aliphatic heterocycles. The van der Waals surface area contributed by atoms with Crippen molar-refractivity contribution in [1.29, 1.82) is 5.26 Å². The van der Waals surface area contributed by atoms with Crippen molar-refractivity contribution in [3.05, 3.63) is 41.8 Å². The summed E-state index contributed by atoms with van der Waals surface area (Å²) in [5, 5.41) is 21.2. The predicted molar refractivity (Wildman–Crippen MR) is 76.6 cm³/mol. The maximum Gasteiger partial charge on any atom is 0.335 e. The van der Waals surface area contributed by atoms with Crippen molar-refractivity contribution >= 4 is 21.8 Å². The highest BCUT2D eigenvalue weighted by molar-refractivity contribution is 7.92. The molecule has 0 atom stereocenters. The molecule has 2 aromatic rings. The number of nitriles is 1. The summed E-state index contributed by atoms with van der Waals surface area (Å²) in [7, 11) is -4.19. The second-order valence-corrected chi connectivity index (χ2v) is 6.14. The number of benzene rings is 1. The number of rotatable bonds is 6. The summed E-state index contributed by atoms with van der Waals surface area (Å²) < 4.78 is 41.2. The fourth-order valence-corrected chi connectivity index (χ4v) is 2.80. The molecule has 1 aromatic heterocycles. The minimum absolute atomic E-state index is 0.0240. The second-order valence-electron chi connectivity index (χ2n) is 4.46. The Morgan fingerprint density at radius 2 is 2.17 bits per heavy atom. The molecule has 0 saturated heterocycles. The lowest BCUT2D eigenvalue weighted by Crippen LogP contribution is -2.15. The molecule has 0 unspecified atom stereocenters. The molecule has 2 rings (SSSR count). The molecule has 0 saturated carbocycles. The summed E-state index contributed by atoms with van der Waals surface area (Å²) in [6.45, 7) is 0.293. The van der Waals surface area contributed by atoms with Gasteiger partial charge in [-0.15, -0.1) is 0 Å². The Labute approximate surface area is 130 Å². The summed E-state index contributed by atoms with van der Waals surface area (Å²) in [5.41, 5.74) is -0.482. The van der Waals surface area contributed by atoms with Crippen LogP contribution in [0.4, 0.5) is 10.2 Å². The van der Waals surface area contributed by atoms with Gasteiger partial charge >= 0.3 is 5.97 Å². The van der Waals surface area contributed by atoms with Crippen molar-refractivity contribution in [3.8, 4) is 6.07 Å². The fourth-order valence-electron chi connectivity index (χ4n) is 1.74. The number of hydrogen-bond donors (Lipinski definition) is 2. The molecule has 0 spiro atoms. The number of aromatic carboxylic acids is 1. The summed E-state index contributed by atoms with van der Waals surface area (Å²) in [4.78, 5) is 10.3. The zero-order valence-electron chi connectivity index (χ0n) is 11.6. The molecule has 10 heteroatoms. The van der Waals surface area contributed by atoms with E-state index in [1.165, 1.54) is 16.9 Å². The summed E-state index contributed by atoms with van der Waals surface area (Å²) in [5.74, 6) is -2.45. The van der Waals surface area contributed by atoms with E-state index in [-0.39, 0.29) is 12.2 Å². The third-order valence-electron chi connectivity index (χ3n) is 2.76. The first-order valence-corrected chi connectivity index (χ1v) is 7.77. The van der Waals surface area contributed by atoms with Gasteiger partial charge in [-0.2, -0.15) is 10.4 Å². The highest BCUT2D eigenvalue weighted by Gasteiger charge is 2.19. The van der Waals surface area contributed by atoms with Crippen LogP contribution in [-0.4, -0.2) is 29.3 Å². The van der Waals surface area contributed by atoms with Gasteiger partial charge in [0, 0.05) is 12.3 Å². The first-order chi connectivity index (χ1) is 10.8. The van der Waals surface area contributed by atoms with Crippen LogP contribution in [0.25, 0.3) is 0 Å². The average molecular weight is 338 g/mol. The van der Waals surface area contributed by atoms with Crippen LogP contribution in [0.5, 0.6) is 0 Å². The Morgan fingerprint density at radius 1 is 1.43 bits per heavy atom. The molecule has 2 N–H and O–H groups in total. The summed E-state index contributed by atoms with van der Waals surface area (Å²) >= 11 is 0. The van der Waals surface area contributed by atoms with Gasteiger partial charge in [0.15, 0.2) is 5.82 Å². The van der Waals surface area contributed by atoms with Crippen LogP contribution in [0, 0.1) is 17.1 Å². The molecule has 1 heterocycles. The molecular formula is C13H11FN4O4S. The topological polar surface area (TPSA) is 125 Å². The van der Waals surface area contributed by atoms with Crippen LogP contribution < -0.4 is 4.72 Å². The normalized spacial score (nSPS) is 11.0. The number of anilines is 1. The summed E-state index contributed by atoms with van der Waals surface area (Å²) in [6.07, 6.45) is 1.68. The van der Waals surface area contributed by atoms with E-state index in [4.69, 9.17) is 10.4 Å². The maximum atomic E-state index is 13.4. The first-order valence-electron chi connectivity index (χ1n) is 6.29. The lowest BCUT2D eigenvalue weighted by molar-refractivity contribution is 0.0696. The molecule has 0 bridgehead atoms. The van der Waals surface area contributed by atoms with E-state index in [0.29, 0.717) is 12.6 Å². The van der Waals surface area contributed by atoms with E-state index in [1.807, 2.05) is 6.07 Å². The molecule has 0 fully saturated rings. The maximum absolute atomic E-state index is 13.4. The lowest BCUT2D eigenvalue weighted by Gasteiger charge is -2.07. The van der Waals surface area contributed by atoms with Crippen molar-refractivity contribution < 1.29 is 22.7 Å². The van der Waals surface area contributed by atoms with Crippen LogP contribution in [0.15, 0.2) is 35.4 Å². The standard InChI is InChI=1S/C13H11FN4O4S/c14-10-6-9(13(19)20)7-11(8-10)23(21,22)17-12-2-5-18(16-12)4-1-3-15/h2,5-8H,1,4H2,(H,16,17)(H,19,20). The van der Waals surface area contributed by atoms with Crippen LogP contribution in [0.2, 0.25) is 0 Å². The van der Waals surface area contributed by atoms with E-state index >= 15 is 0 Å². The van der Waals surface area contributed by atoms with Gasteiger partial charge in [-0.3, -0.25) is 9.40 Å². The molecule has 0 aliphatic rings. The minimum atomic E-state index is -4.19. The number of halogens is 1. The van der Waals surface area contributed by atoms with Crippen molar-refractivity contribution in [2.45, 2.75) is 17.9 Å². The van der Waals surface area contributed by atoms with E-state index in [1.54, 1.807) is 0 Å². The van der Waals surface area contributed by atoms with Crippen molar-refractivity contribution in [2.24, 2.45) is 0 Å². The number of sulfonamides is 1. The SMILES string of the molecule is N#CCCn1ccc(NS(=O)(=O)c2cc(F)cc(C(=O)O)c2)n1. The number of carboxylic acid groups (broad SMARTS) is 1. The highest BCUT2D eigenvalue weighted by atomic mass is 32.2. The van der Waals surface area contributed by atoms with Crippen molar-refractivity contribution in [2.75, 3.05) is 4.72 Å². The van der Waals surface area contributed by atoms with E-state index in [9.17, 15) is 17.6 Å². The van der Waals surface area contributed by atoms with E-state index in [2.05, 4.69) is 9.82 Å². The van der Waals surface area contributed by atoms with Gasteiger partial charge in [-0.1, -0.05) is 0 Å². The predicted octanol–water partition coefficient (Wildman–Crippen LogP) is 1.43. The smallest absolute Gasteiger partial charge is 0.335 e. The van der Waals surface area contributed by atoms with Crippen LogP contribution in [0.1, 0.15) is 16.8 Å². The fraction of sp³-hybridized carbons (Fsp3) is 0.154. The van der Waals surface area contributed by atoms with Gasteiger partial charge in [-0.05, 0) is 18.2 Å². The van der Waals surface area contributed by atoms with Gasteiger partial charge in [0.05, 0.1) is 29.5 Å². The third-order valence-corrected chi connectivity index (χ3v) is 4.10. The van der Waals surface area contributed by atoms with Crippen LogP contribution in [0.3, 0.4) is 0 Å². The quantitative estimate of drug-likeness (QED) is 0.821. The van der Waals surface area contributed by atoms with Gasteiger partial charge in [0.1, 0.15) is 5.82 Å². The summed E-state index contributed by atoms with van der Waals surface area (Å²) in [6, 6.07) is 5.57. The van der Waals surface area contributed by atoms with Gasteiger partial charge < -0.3 is 5.11 Å². The molecule has 120 valence electrons. The van der Waals surface area contributed by atoms with Crippen LogP contribution >= 0.6 is 0 Å². The number of nitrogens with one attached hydrogen (secondary N) is 1. The Morgan fingerprint density at radius 3 is 2.83 bits per heavy atom. The van der Waals surface area contributed by atoms with Crippen LogP contribution in [-0.2, 0) is 16.6 Å². The highest BCUT2D eigenvalue weighted by Crippen LogP contribution is 2.18. The molecule has 23 heavy (non-hydrogen) atoms. The molecular weight excluding hydrogens is 327 g/mol. The van der Waals surface area contributed by atoms with Crippen molar-refractivity contribution in [1.82, 2.24) is 9.78 Å². The largest absolute Gasteiger partial charge is 0.478 e. The van der Waals surface area contributed by atoms with Gasteiger partial charge in [-0.25, -0.2) is 17.6 Å². The average Bonchev–Trinajstić information content (AvgIpc) is 2.91. The second kappa shape index (κ2) is 6.45. The van der Waals surface area contributed by atoms with Gasteiger partial charge in [0.2, 0.25) is 0 Å². The number of aromatic nitrogens is 2. The molecule has 0 amide bonds. The Kier molecular flexibility index (Phi) is 4.61. The van der Waals surface area contributed by atoms with E-state index in [0.717, 1.165) is 12.1 Å². The molecule has 0 aliphatic carbocycles. The zero-order chi connectivity index (χ0) is 17.0. The number of carbonyl (C=O) groups is 1. The molecule has 0 radical (unpaired) electrons. The zero-order valence-corrected chi connectivity index (χ0v) is 12.4. The minimum Gasteiger partial charge on any atom is -0.478 e. The number of carboxylic acids is 1. The number of nitrogens with zero attached hydrogens (tertiary/aromatic N) is 3. The first kappa shape index (κ1) is 16.4. The Balaban J connectivity index is 2.27. The van der Waals surface area contributed by atoms with Crippen molar-refractivity contribution in [3.63, 3.8) is 0 Å². The van der Waals surface area contributed by atoms with E-state index < -0.39 is 32.3 Å². The lowest BCUT2D eigenvalue weighted by atomic mass is 10.2.